The molecule has 0 radical (unpaired) electrons. The fraction of sp³-hybridized carbons (Fsp3) is 0.625. The fourth-order valence-electron chi connectivity index (χ4n) is 2.87. The molecular weight excluding hydrogens is 276 g/mol. The fourth-order valence-corrected chi connectivity index (χ4v) is 2.87. The van der Waals surface area contributed by atoms with E-state index >= 15 is 0 Å². The van der Waals surface area contributed by atoms with Crippen LogP contribution >= 0.6 is 0 Å². The molecule has 0 spiro atoms. The molecule has 5 heteroatoms. The number of rotatable bonds is 6. The van der Waals surface area contributed by atoms with Crippen molar-refractivity contribution in [2.75, 3.05) is 20.3 Å². The van der Waals surface area contributed by atoms with E-state index in [-0.39, 0.29) is 6.04 Å². The lowest BCUT2D eigenvalue weighted by Crippen LogP contribution is -2.44. The van der Waals surface area contributed by atoms with E-state index < -0.39 is 17.2 Å². The van der Waals surface area contributed by atoms with Gasteiger partial charge in [0.2, 0.25) is 0 Å². The van der Waals surface area contributed by atoms with Gasteiger partial charge in [-0.05, 0) is 30.5 Å². The highest BCUT2D eigenvalue weighted by Crippen LogP contribution is 2.28. The molecule has 1 aromatic rings. The average Bonchev–Trinajstić information content (AvgIpc) is 2.47. The van der Waals surface area contributed by atoms with Crippen LogP contribution in [-0.4, -0.2) is 31.0 Å². The van der Waals surface area contributed by atoms with Gasteiger partial charge in [-0.3, -0.25) is 0 Å². The van der Waals surface area contributed by atoms with E-state index in [0.29, 0.717) is 18.7 Å². The number of methoxy groups -OCH3 is 1. The molecule has 0 aliphatic heterocycles. The van der Waals surface area contributed by atoms with Gasteiger partial charge in [-0.15, -0.1) is 0 Å². The number of benzene rings is 1. The molecule has 0 bridgehead atoms. The van der Waals surface area contributed by atoms with Gasteiger partial charge < -0.3 is 15.2 Å². The molecule has 0 aromatic heterocycles. The summed E-state index contributed by atoms with van der Waals surface area (Å²) in [5, 5.41) is 13.7. The predicted molar refractivity (Wildman–Crippen MR) is 77.0 cm³/mol. The van der Waals surface area contributed by atoms with Crippen LogP contribution in [-0.2, 0) is 4.74 Å². The molecule has 1 aromatic carbocycles. The summed E-state index contributed by atoms with van der Waals surface area (Å²) in [5.74, 6) is -1.73. The molecule has 1 atom stereocenters. The lowest BCUT2D eigenvalue weighted by atomic mass is 9.84. The molecule has 21 heavy (non-hydrogen) atoms. The van der Waals surface area contributed by atoms with Crippen LogP contribution in [0.2, 0.25) is 0 Å². The highest BCUT2D eigenvalue weighted by atomic mass is 19.2. The summed E-state index contributed by atoms with van der Waals surface area (Å²) in [6.45, 7) is 0.765. The Balaban J connectivity index is 2.02. The van der Waals surface area contributed by atoms with Gasteiger partial charge in [0.05, 0.1) is 18.2 Å². The zero-order valence-electron chi connectivity index (χ0n) is 12.4. The van der Waals surface area contributed by atoms with Crippen molar-refractivity contribution in [3.63, 3.8) is 0 Å². The Morgan fingerprint density at radius 3 is 2.57 bits per heavy atom. The lowest BCUT2D eigenvalue weighted by Gasteiger charge is -2.34. The smallest absolute Gasteiger partial charge is 0.159 e. The van der Waals surface area contributed by atoms with Gasteiger partial charge in [0, 0.05) is 13.7 Å². The van der Waals surface area contributed by atoms with Crippen LogP contribution in [0.5, 0.6) is 0 Å². The first-order valence-corrected chi connectivity index (χ1v) is 7.44. The van der Waals surface area contributed by atoms with Gasteiger partial charge >= 0.3 is 0 Å². The molecule has 0 saturated heterocycles. The average molecular weight is 299 g/mol. The Morgan fingerprint density at radius 2 is 1.95 bits per heavy atom. The zero-order chi connectivity index (χ0) is 15.3. The van der Waals surface area contributed by atoms with Crippen LogP contribution in [0.3, 0.4) is 0 Å². The summed E-state index contributed by atoms with van der Waals surface area (Å²) in [4.78, 5) is 0. The van der Waals surface area contributed by atoms with Gasteiger partial charge in [0.25, 0.3) is 0 Å². The van der Waals surface area contributed by atoms with Crippen molar-refractivity contribution in [2.45, 2.75) is 43.7 Å². The highest BCUT2D eigenvalue weighted by molar-refractivity contribution is 5.21. The minimum atomic E-state index is -0.869. The molecule has 1 fully saturated rings. The first-order chi connectivity index (χ1) is 10.0. The Morgan fingerprint density at radius 1 is 1.24 bits per heavy atom. The second kappa shape index (κ2) is 7.29. The molecule has 1 unspecified atom stereocenters. The van der Waals surface area contributed by atoms with Crippen molar-refractivity contribution in [2.24, 2.45) is 0 Å². The summed E-state index contributed by atoms with van der Waals surface area (Å²) in [6.07, 6.45) is 4.76. The predicted octanol–water partition coefficient (Wildman–Crippen LogP) is 2.94. The van der Waals surface area contributed by atoms with Crippen LogP contribution in [0.25, 0.3) is 0 Å². The first-order valence-electron chi connectivity index (χ1n) is 7.44. The molecule has 118 valence electrons. The van der Waals surface area contributed by atoms with E-state index in [1.165, 1.54) is 6.07 Å². The minimum Gasteiger partial charge on any atom is -0.389 e. The molecule has 0 heterocycles. The number of hydrogen-bond acceptors (Lipinski definition) is 3. The standard InChI is InChI=1S/C16H23F2NO2/c1-21-10-15(12-5-6-13(17)14(18)9-12)19-11-16(20)7-3-2-4-8-16/h5-6,9,15,19-20H,2-4,7-8,10-11H2,1H3. The van der Waals surface area contributed by atoms with Crippen molar-refractivity contribution < 1.29 is 18.6 Å². The molecule has 1 aliphatic rings. The normalized spacial score (nSPS) is 19.4. The van der Waals surface area contributed by atoms with Crippen molar-refractivity contribution in [3.05, 3.63) is 35.4 Å². The highest BCUT2D eigenvalue weighted by Gasteiger charge is 2.29. The van der Waals surface area contributed by atoms with E-state index in [9.17, 15) is 13.9 Å². The largest absolute Gasteiger partial charge is 0.389 e. The Kier molecular flexibility index (Phi) is 5.67. The zero-order valence-corrected chi connectivity index (χ0v) is 12.4. The summed E-state index contributed by atoms with van der Waals surface area (Å²) in [5.41, 5.74) is -0.0850. The maximum atomic E-state index is 13.4. The maximum absolute atomic E-state index is 13.4. The lowest BCUT2D eigenvalue weighted by molar-refractivity contribution is 0.000143. The molecule has 3 nitrogen and oxygen atoms in total. The summed E-state index contributed by atoms with van der Waals surface area (Å²) < 4.78 is 31.5. The molecule has 0 amide bonds. The third-order valence-electron chi connectivity index (χ3n) is 4.14. The summed E-state index contributed by atoms with van der Waals surface area (Å²) in [7, 11) is 1.56. The number of halogens is 2. The third kappa shape index (κ3) is 4.46. The Hall–Kier alpha value is -1.04. The van der Waals surface area contributed by atoms with Crippen LogP contribution in [0.1, 0.15) is 43.7 Å². The number of hydrogen-bond donors (Lipinski definition) is 2. The topological polar surface area (TPSA) is 41.5 Å². The van der Waals surface area contributed by atoms with Crippen molar-refractivity contribution in [1.82, 2.24) is 5.32 Å². The van der Waals surface area contributed by atoms with Gasteiger partial charge in [-0.2, -0.15) is 0 Å². The quantitative estimate of drug-likeness (QED) is 0.848. The Bertz CT molecular complexity index is 462. The van der Waals surface area contributed by atoms with Crippen LogP contribution in [0.4, 0.5) is 8.78 Å². The van der Waals surface area contributed by atoms with Gasteiger partial charge in [0.15, 0.2) is 11.6 Å². The van der Waals surface area contributed by atoms with Crippen molar-refractivity contribution in [1.29, 1.82) is 0 Å². The van der Waals surface area contributed by atoms with E-state index in [2.05, 4.69) is 5.32 Å². The molecular formula is C16H23F2NO2. The second-order valence-corrected chi connectivity index (χ2v) is 5.85. The number of nitrogens with one attached hydrogen (secondary N) is 1. The maximum Gasteiger partial charge on any atom is 0.159 e. The van der Waals surface area contributed by atoms with E-state index in [4.69, 9.17) is 4.74 Å². The van der Waals surface area contributed by atoms with Gasteiger partial charge in [-0.25, -0.2) is 8.78 Å². The van der Waals surface area contributed by atoms with Crippen LogP contribution in [0, 0.1) is 11.6 Å². The summed E-state index contributed by atoms with van der Waals surface area (Å²) >= 11 is 0. The first kappa shape index (κ1) is 16.3. The summed E-state index contributed by atoms with van der Waals surface area (Å²) in [6, 6.07) is 3.57. The third-order valence-corrected chi connectivity index (χ3v) is 4.14. The number of ether oxygens (including phenoxy) is 1. The SMILES string of the molecule is COCC(NCC1(O)CCCCC1)c1ccc(F)c(F)c1. The molecule has 2 rings (SSSR count). The Labute approximate surface area is 124 Å². The van der Waals surface area contributed by atoms with E-state index in [1.54, 1.807) is 13.2 Å². The molecule has 1 saturated carbocycles. The monoisotopic (exact) mass is 299 g/mol. The van der Waals surface area contributed by atoms with Crippen molar-refractivity contribution >= 4 is 0 Å². The van der Waals surface area contributed by atoms with E-state index in [1.807, 2.05) is 0 Å². The van der Waals surface area contributed by atoms with Crippen LogP contribution in [0.15, 0.2) is 18.2 Å². The molecule has 1 aliphatic carbocycles. The van der Waals surface area contributed by atoms with Crippen LogP contribution < -0.4 is 5.32 Å². The minimum absolute atomic E-state index is 0.268. The second-order valence-electron chi connectivity index (χ2n) is 5.85. The number of aliphatic hydroxyl groups is 1. The van der Waals surface area contributed by atoms with Gasteiger partial charge in [-0.1, -0.05) is 25.3 Å². The molecule has 2 N–H and O–H groups in total. The van der Waals surface area contributed by atoms with Gasteiger partial charge in [0.1, 0.15) is 0 Å². The van der Waals surface area contributed by atoms with E-state index in [0.717, 1.165) is 38.2 Å². The van der Waals surface area contributed by atoms with Crippen molar-refractivity contribution in [3.8, 4) is 0 Å².